The van der Waals surface area contributed by atoms with Gasteiger partial charge in [-0.2, -0.15) is 0 Å². The lowest BCUT2D eigenvalue weighted by Crippen LogP contribution is -1.84. The van der Waals surface area contributed by atoms with Crippen molar-refractivity contribution in [3.05, 3.63) is 11.8 Å². The molecule has 0 radical (unpaired) electrons. The average molecular weight is 150 g/mol. The molecular formula is C9H14N2. The third-order valence-corrected chi connectivity index (χ3v) is 1.65. The predicted octanol–water partition coefficient (Wildman–Crippen LogP) is 2.07. The molecule has 1 fully saturated rings. The zero-order valence-electron chi connectivity index (χ0n) is 6.95. The molecular weight excluding hydrogens is 136 g/mol. The van der Waals surface area contributed by atoms with Crippen molar-refractivity contribution in [2.24, 2.45) is 15.9 Å². The molecule has 2 nitrogen and oxygen atoms in total. The predicted molar refractivity (Wildman–Crippen MR) is 49.4 cm³/mol. The van der Waals surface area contributed by atoms with E-state index in [0.29, 0.717) is 0 Å². The van der Waals surface area contributed by atoms with Gasteiger partial charge in [-0.15, -0.1) is 0 Å². The van der Waals surface area contributed by atoms with E-state index in [1.807, 2.05) is 13.1 Å². The topological polar surface area (TPSA) is 24.7 Å². The Labute approximate surface area is 67.8 Å². The largest absolute Gasteiger partial charge is 0.293 e. The third kappa shape index (κ3) is 3.71. The number of aliphatic imine (C=N–C) groups is 2. The van der Waals surface area contributed by atoms with E-state index in [4.69, 9.17) is 0 Å². The minimum atomic E-state index is 0.871. The molecule has 1 aliphatic carbocycles. The van der Waals surface area contributed by atoms with Crippen molar-refractivity contribution < 1.29 is 0 Å². The first-order valence-corrected chi connectivity index (χ1v) is 3.95. The molecule has 0 amide bonds. The van der Waals surface area contributed by atoms with Crippen LogP contribution in [0.2, 0.25) is 0 Å². The molecule has 0 atom stereocenters. The highest BCUT2D eigenvalue weighted by Crippen LogP contribution is 2.28. The summed E-state index contributed by atoms with van der Waals surface area (Å²) < 4.78 is 0. The maximum Gasteiger partial charge on any atom is 0.0417 e. The molecule has 2 heteroatoms. The summed E-state index contributed by atoms with van der Waals surface area (Å²) in [6, 6.07) is 0. The molecule has 0 aromatic heterocycles. The van der Waals surface area contributed by atoms with E-state index in [1.165, 1.54) is 12.8 Å². The zero-order chi connectivity index (χ0) is 8.10. The second-order valence-electron chi connectivity index (χ2n) is 2.99. The smallest absolute Gasteiger partial charge is 0.0417 e. The summed E-state index contributed by atoms with van der Waals surface area (Å²) in [7, 11) is 0. The highest BCUT2D eigenvalue weighted by Gasteiger charge is 2.19. The van der Waals surface area contributed by atoms with Crippen LogP contribution >= 0.6 is 0 Å². The van der Waals surface area contributed by atoms with Gasteiger partial charge in [0, 0.05) is 19.0 Å². The number of allylic oxidation sites excluding steroid dienone is 1. The van der Waals surface area contributed by atoms with Crippen molar-refractivity contribution in [1.82, 2.24) is 0 Å². The molecule has 1 aliphatic rings. The maximum absolute atomic E-state index is 4.27. The number of hydrogen-bond acceptors (Lipinski definition) is 2. The fraction of sp³-hybridized carbons (Fsp3) is 0.556. The van der Waals surface area contributed by atoms with Crippen molar-refractivity contribution in [2.45, 2.75) is 19.8 Å². The van der Waals surface area contributed by atoms with Crippen molar-refractivity contribution >= 4 is 12.9 Å². The molecule has 0 aromatic carbocycles. The van der Waals surface area contributed by atoms with Gasteiger partial charge in [-0.05, 0) is 38.0 Å². The van der Waals surface area contributed by atoms with Gasteiger partial charge in [0.25, 0.3) is 0 Å². The molecule has 0 bridgehead atoms. The van der Waals surface area contributed by atoms with Gasteiger partial charge in [-0.3, -0.25) is 9.98 Å². The van der Waals surface area contributed by atoms with E-state index in [-0.39, 0.29) is 0 Å². The zero-order valence-corrected chi connectivity index (χ0v) is 6.95. The lowest BCUT2D eigenvalue weighted by molar-refractivity contribution is 0.851. The van der Waals surface area contributed by atoms with Gasteiger partial charge in [-0.25, -0.2) is 0 Å². The van der Waals surface area contributed by atoms with E-state index in [2.05, 4.69) is 16.7 Å². The summed E-state index contributed by atoms with van der Waals surface area (Å²) >= 11 is 0. The van der Waals surface area contributed by atoms with Crippen LogP contribution in [0, 0.1) is 5.92 Å². The van der Waals surface area contributed by atoms with Crippen LogP contribution in [0.3, 0.4) is 0 Å². The number of nitrogens with zero attached hydrogens (tertiary/aromatic N) is 2. The average Bonchev–Trinajstić information content (AvgIpc) is 2.72. The Balaban J connectivity index is 2.20. The van der Waals surface area contributed by atoms with Gasteiger partial charge in [0.1, 0.15) is 0 Å². The standard InChI is InChI=1S/C9H14N2/c1-8(5-10-2)6-11-7-9-3-4-9/h5-6,9H,2-4,7H2,1H3/b8-5-,11-6?. The molecule has 11 heavy (non-hydrogen) atoms. The third-order valence-electron chi connectivity index (χ3n) is 1.65. The van der Waals surface area contributed by atoms with Gasteiger partial charge in [0.2, 0.25) is 0 Å². The van der Waals surface area contributed by atoms with Gasteiger partial charge < -0.3 is 0 Å². The second-order valence-corrected chi connectivity index (χ2v) is 2.99. The van der Waals surface area contributed by atoms with Crippen LogP contribution in [0.5, 0.6) is 0 Å². The van der Waals surface area contributed by atoms with Crippen LogP contribution in [0.25, 0.3) is 0 Å². The molecule has 0 spiro atoms. The van der Waals surface area contributed by atoms with E-state index >= 15 is 0 Å². The second kappa shape index (κ2) is 4.06. The van der Waals surface area contributed by atoms with Crippen molar-refractivity contribution in [2.75, 3.05) is 6.54 Å². The van der Waals surface area contributed by atoms with E-state index in [9.17, 15) is 0 Å². The molecule has 0 saturated heterocycles. The molecule has 0 aliphatic heterocycles. The number of rotatable bonds is 4. The van der Waals surface area contributed by atoms with Crippen molar-refractivity contribution in [3.8, 4) is 0 Å². The first-order valence-electron chi connectivity index (χ1n) is 3.95. The summed E-state index contributed by atoms with van der Waals surface area (Å²) in [5.74, 6) is 0.871. The fourth-order valence-corrected chi connectivity index (χ4v) is 0.824. The molecule has 0 heterocycles. The first kappa shape index (κ1) is 8.18. The summed E-state index contributed by atoms with van der Waals surface area (Å²) in [5.41, 5.74) is 1.07. The van der Waals surface area contributed by atoms with Gasteiger partial charge in [0.15, 0.2) is 0 Å². The Morgan fingerprint density at radius 3 is 2.91 bits per heavy atom. The Morgan fingerprint density at radius 2 is 2.36 bits per heavy atom. The Bertz CT molecular complexity index is 188. The van der Waals surface area contributed by atoms with Crippen LogP contribution in [0.1, 0.15) is 19.8 Å². The van der Waals surface area contributed by atoms with Crippen LogP contribution < -0.4 is 0 Å². The molecule has 0 aromatic rings. The highest BCUT2D eigenvalue weighted by molar-refractivity contribution is 5.77. The molecule has 0 unspecified atom stereocenters. The minimum Gasteiger partial charge on any atom is -0.293 e. The lowest BCUT2D eigenvalue weighted by atomic mass is 10.3. The fourth-order valence-electron chi connectivity index (χ4n) is 0.824. The van der Waals surface area contributed by atoms with Gasteiger partial charge in [0.05, 0.1) is 0 Å². The monoisotopic (exact) mass is 150 g/mol. The van der Waals surface area contributed by atoms with Crippen molar-refractivity contribution in [1.29, 1.82) is 0 Å². The van der Waals surface area contributed by atoms with Gasteiger partial charge >= 0.3 is 0 Å². The number of hydrogen-bond donors (Lipinski definition) is 0. The molecule has 60 valence electrons. The Kier molecular flexibility index (Phi) is 3.02. The van der Waals surface area contributed by atoms with Crippen LogP contribution in [0.4, 0.5) is 0 Å². The summed E-state index contributed by atoms with van der Waals surface area (Å²) in [5, 5.41) is 0. The summed E-state index contributed by atoms with van der Waals surface area (Å²) in [6.45, 7) is 6.33. The molecule has 0 N–H and O–H groups in total. The minimum absolute atomic E-state index is 0.871. The van der Waals surface area contributed by atoms with E-state index < -0.39 is 0 Å². The normalized spacial score (nSPS) is 19.2. The SMILES string of the molecule is C=N/C=C(/C)C=NCC1CC1. The van der Waals surface area contributed by atoms with Gasteiger partial charge in [-0.1, -0.05) is 0 Å². The maximum atomic E-state index is 4.27. The lowest BCUT2D eigenvalue weighted by Gasteiger charge is -1.88. The van der Waals surface area contributed by atoms with Crippen LogP contribution in [-0.2, 0) is 0 Å². The van der Waals surface area contributed by atoms with Crippen molar-refractivity contribution in [3.63, 3.8) is 0 Å². The van der Waals surface area contributed by atoms with Crippen LogP contribution in [0.15, 0.2) is 21.8 Å². The highest BCUT2D eigenvalue weighted by atomic mass is 14.7. The Morgan fingerprint density at radius 1 is 1.64 bits per heavy atom. The first-order chi connectivity index (χ1) is 5.33. The van der Waals surface area contributed by atoms with E-state index in [0.717, 1.165) is 18.0 Å². The quantitative estimate of drug-likeness (QED) is 0.548. The summed E-state index contributed by atoms with van der Waals surface area (Å²) in [6.07, 6.45) is 6.31. The summed E-state index contributed by atoms with van der Waals surface area (Å²) in [4.78, 5) is 7.92. The molecule has 1 rings (SSSR count). The Hall–Kier alpha value is -0.920. The van der Waals surface area contributed by atoms with Crippen LogP contribution in [-0.4, -0.2) is 19.5 Å². The van der Waals surface area contributed by atoms with E-state index in [1.54, 1.807) is 6.20 Å². The molecule has 1 saturated carbocycles.